The molecule has 0 fully saturated rings. The van der Waals surface area contributed by atoms with Crippen molar-refractivity contribution in [3.8, 4) is 12.3 Å². The highest BCUT2D eigenvalue weighted by atomic mass is 16.2. The molecule has 1 N–H and O–H groups in total. The van der Waals surface area contributed by atoms with Crippen LogP contribution in [0.5, 0.6) is 0 Å². The Hall–Kier alpha value is -2.08. The van der Waals surface area contributed by atoms with Crippen LogP contribution in [0.4, 0.5) is 5.69 Å². The Morgan fingerprint density at radius 3 is 2.80 bits per heavy atom. The minimum atomic E-state index is -0.323. The monoisotopic (exact) mass is 201 g/mol. The lowest BCUT2D eigenvalue weighted by Gasteiger charge is -2.03. The zero-order valence-electron chi connectivity index (χ0n) is 8.41. The van der Waals surface area contributed by atoms with Crippen molar-refractivity contribution in [3.63, 3.8) is 0 Å². The first-order chi connectivity index (χ1) is 7.11. The lowest BCUT2D eigenvalue weighted by atomic mass is 10.2. The molecule has 0 bridgehead atoms. The standard InChI is InChI=1S/C12H11NO2/c1-3-10-5-4-6-11(8-10)13-12(15)7-9(2)14/h1,4-6,8H,7H2,2H3,(H,13,15). The van der Waals surface area contributed by atoms with Gasteiger partial charge in [-0.1, -0.05) is 12.0 Å². The summed E-state index contributed by atoms with van der Waals surface area (Å²) in [5.74, 6) is 1.97. The molecule has 1 rings (SSSR count). The first-order valence-corrected chi connectivity index (χ1v) is 4.48. The van der Waals surface area contributed by atoms with Gasteiger partial charge in [-0.25, -0.2) is 0 Å². The van der Waals surface area contributed by atoms with Crippen LogP contribution >= 0.6 is 0 Å². The van der Waals surface area contributed by atoms with Gasteiger partial charge in [-0.15, -0.1) is 6.42 Å². The van der Waals surface area contributed by atoms with Crippen LogP contribution in [0.25, 0.3) is 0 Å². The van der Waals surface area contributed by atoms with Crippen LogP contribution < -0.4 is 5.32 Å². The predicted octanol–water partition coefficient (Wildman–Crippen LogP) is 1.59. The fourth-order valence-corrected chi connectivity index (χ4v) is 1.12. The molecule has 0 spiro atoms. The van der Waals surface area contributed by atoms with E-state index in [-0.39, 0.29) is 18.1 Å². The average molecular weight is 201 g/mol. The van der Waals surface area contributed by atoms with Crippen LogP contribution in [0, 0.1) is 12.3 Å². The van der Waals surface area contributed by atoms with Crippen molar-refractivity contribution in [2.75, 3.05) is 5.32 Å². The third kappa shape index (κ3) is 3.65. The molecular weight excluding hydrogens is 190 g/mol. The summed E-state index contributed by atoms with van der Waals surface area (Å²) < 4.78 is 0. The van der Waals surface area contributed by atoms with Gasteiger partial charge in [0.05, 0.1) is 6.42 Å². The smallest absolute Gasteiger partial charge is 0.231 e. The molecule has 0 saturated carbocycles. The fourth-order valence-electron chi connectivity index (χ4n) is 1.12. The number of ketones is 1. The molecule has 0 aliphatic carbocycles. The van der Waals surface area contributed by atoms with E-state index in [4.69, 9.17) is 6.42 Å². The van der Waals surface area contributed by atoms with Crippen molar-refractivity contribution in [1.29, 1.82) is 0 Å². The van der Waals surface area contributed by atoms with Gasteiger partial charge in [-0.3, -0.25) is 9.59 Å². The minimum Gasteiger partial charge on any atom is -0.326 e. The predicted molar refractivity (Wildman–Crippen MR) is 58.3 cm³/mol. The number of carbonyl (C=O) groups excluding carboxylic acids is 2. The third-order valence-corrected chi connectivity index (χ3v) is 1.72. The number of nitrogens with one attached hydrogen (secondary N) is 1. The summed E-state index contributed by atoms with van der Waals surface area (Å²) in [7, 11) is 0. The number of Topliss-reactive ketones (excluding diaryl/α,β-unsaturated/α-hetero) is 1. The first-order valence-electron chi connectivity index (χ1n) is 4.48. The Morgan fingerprint density at radius 2 is 2.20 bits per heavy atom. The van der Waals surface area contributed by atoms with E-state index in [9.17, 15) is 9.59 Å². The van der Waals surface area contributed by atoms with Gasteiger partial charge in [0.2, 0.25) is 5.91 Å². The molecule has 0 heterocycles. The molecule has 0 atom stereocenters. The van der Waals surface area contributed by atoms with Crippen LogP contribution in [0.2, 0.25) is 0 Å². The molecule has 1 aromatic carbocycles. The number of amides is 1. The van der Waals surface area contributed by atoms with Gasteiger partial charge in [-0.2, -0.15) is 0 Å². The topological polar surface area (TPSA) is 46.2 Å². The van der Waals surface area contributed by atoms with Crippen molar-refractivity contribution >= 4 is 17.4 Å². The summed E-state index contributed by atoms with van der Waals surface area (Å²) >= 11 is 0. The van der Waals surface area contributed by atoms with Gasteiger partial charge in [0.25, 0.3) is 0 Å². The van der Waals surface area contributed by atoms with E-state index in [1.54, 1.807) is 24.3 Å². The summed E-state index contributed by atoms with van der Waals surface area (Å²) in [6.07, 6.45) is 5.10. The lowest BCUT2D eigenvalue weighted by molar-refractivity contribution is -0.124. The maximum absolute atomic E-state index is 11.2. The summed E-state index contributed by atoms with van der Waals surface area (Å²) in [5.41, 5.74) is 1.30. The maximum atomic E-state index is 11.2. The average Bonchev–Trinajstić information content (AvgIpc) is 2.16. The number of anilines is 1. The summed E-state index contributed by atoms with van der Waals surface area (Å²) in [6.45, 7) is 1.37. The Bertz CT molecular complexity index is 429. The van der Waals surface area contributed by atoms with Crippen molar-refractivity contribution < 1.29 is 9.59 Å². The summed E-state index contributed by atoms with van der Waals surface area (Å²) in [4.78, 5) is 21.9. The zero-order chi connectivity index (χ0) is 11.3. The molecule has 0 unspecified atom stereocenters. The SMILES string of the molecule is C#Cc1cccc(NC(=O)CC(C)=O)c1. The van der Waals surface area contributed by atoms with E-state index >= 15 is 0 Å². The van der Waals surface area contributed by atoms with Gasteiger partial charge in [0.15, 0.2) is 0 Å². The maximum Gasteiger partial charge on any atom is 0.231 e. The Kier molecular flexibility index (Phi) is 3.64. The van der Waals surface area contributed by atoms with E-state index in [2.05, 4.69) is 11.2 Å². The molecule has 0 aliphatic heterocycles. The van der Waals surface area contributed by atoms with E-state index in [1.807, 2.05) is 0 Å². The van der Waals surface area contributed by atoms with Crippen LogP contribution in [0.1, 0.15) is 18.9 Å². The highest BCUT2D eigenvalue weighted by molar-refractivity contribution is 6.03. The fraction of sp³-hybridized carbons (Fsp3) is 0.167. The second kappa shape index (κ2) is 4.97. The number of hydrogen-bond acceptors (Lipinski definition) is 2. The third-order valence-electron chi connectivity index (χ3n) is 1.72. The van der Waals surface area contributed by atoms with Crippen LogP contribution in [0.15, 0.2) is 24.3 Å². The lowest BCUT2D eigenvalue weighted by Crippen LogP contribution is -2.14. The summed E-state index contributed by atoms with van der Waals surface area (Å²) in [6, 6.07) is 6.91. The summed E-state index contributed by atoms with van der Waals surface area (Å²) in [5, 5.41) is 2.59. The van der Waals surface area contributed by atoms with Crippen molar-refractivity contribution in [1.82, 2.24) is 0 Å². The molecule has 1 aromatic rings. The quantitative estimate of drug-likeness (QED) is 0.596. The molecule has 0 aliphatic rings. The molecular formula is C12H11NO2. The Labute approximate surface area is 88.5 Å². The number of rotatable bonds is 3. The Morgan fingerprint density at radius 1 is 1.47 bits per heavy atom. The second-order valence-electron chi connectivity index (χ2n) is 3.15. The molecule has 0 radical (unpaired) electrons. The van der Waals surface area contributed by atoms with E-state index in [0.29, 0.717) is 11.3 Å². The van der Waals surface area contributed by atoms with Crippen LogP contribution in [-0.2, 0) is 9.59 Å². The molecule has 3 heteroatoms. The first kappa shape index (κ1) is 11.0. The van der Waals surface area contributed by atoms with Crippen molar-refractivity contribution in [3.05, 3.63) is 29.8 Å². The number of terminal acetylenes is 1. The molecule has 1 amide bonds. The number of hydrogen-bond donors (Lipinski definition) is 1. The van der Waals surface area contributed by atoms with E-state index in [1.165, 1.54) is 6.92 Å². The molecule has 3 nitrogen and oxygen atoms in total. The van der Waals surface area contributed by atoms with Gasteiger partial charge in [0.1, 0.15) is 5.78 Å². The van der Waals surface area contributed by atoms with Crippen LogP contribution in [0.3, 0.4) is 0 Å². The number of carbonyl (C=O) groups is 2. The second-order valence-corrected chi connectivity index (χ2v) is 3.15. The van der Waals surface area contributed by atoms with Crippen molar-refractivity contribution in [2.24, 2.45) is 0 Å². The van der Waals surface area contributed by atoms with Gasteiger partial charge in [0, 0.05) is 11.3 Å². The largest absolute Gasteiger partial charge is 0.326 e. The minimum absolute atomic E-state index is 0.111. The van der Waals surface area contributed by atoms with Gasteiger partial charge >= 0.3 is 0 Å². The molecule has 15 heavy (non-hydrogen) atoms. The molecule has 0 saturated heterocycles. The number of benzene rings is 1. The van der Waals surface area contributed by atoms with Crippen molar-refractivity contribution in [2.45, 2.75) is 13.3 Å². The highest BCUT2D eigenvalue weighted by Crippen LogP contribution is 2.09. The molecule has 76 valence electrons. The normalized spacial score (nSPS) is 9.07. The van der Waals surface area contributed by atoms with Gasteiger partial charge in [-0.05, 0) is 25.1 Å². The van der Waals surface area contributed by atoms with Crippen LogP contribution in [-0.4, -0.2) is 11.7 Å². The van der Waals surface area contributed by atoms with Gasteiger partial charge < -0.3 is 5.32 Å². The highest BCUT2D eigenvalue weighted by Gasteiger charge is 2.05. The Balaban J connectivity index is 2.69. The van der Waals surface area contributed by atoms with E-state index in [0.717, 1.165) is 0 Å². The zero-order valence-corrected chi connectivity index (χ0v) is 8.41. The molecule has 0 aromatic heterocycles. The van der Waals surface area contributed by atoms with E-state index < -0.39 is 0 Å².